The lowest BCUT2D eigenvalue weighted by atomic mass is 10.2. The molecular weight excluding hydrogens is 236 g/mol. The van der Waals surface area contributed by atoms with Crippen molar-refractivity contribution in [3.05, 3.63) is 24.5 Å². The summed E-state index contributed by atoms with van der Waals surface area (Å²) in [4.78, 5) is 6.92. The van der Waals surface area contributed by atoms with E-state index in [1.165, 1.54) is 31.2 Å². The Kier molecular flexibility index (Phi) is 3.42. The third-order valence-electron chi connectivity index (χ3n) is 4.29. The number of nitrogens with zero attached hydrogens (tertiary/aromatic N) is 3. The van der Waals surface area contributed by atoms with E-state index in [4.69, 9.17) is 5.73 Å². The highest BCUT2D eigenvalue weighted by atomic mass is 15.2. The van der Waals surface area contributed by atoms with E-state index < -0.39 is 0 Å². The Morgan fingerprint density at radius 2 is 2.16 bits per heavy atom. The van der Waals surface area contributed by atoms with Crippen LogP contribution in [0.25, 0.3) is 11.0 Å². The molecule has 4 heteroatoms. The fourth-order valence-electron chi connectivity index (χ4n) is 3.05. The lowest BCUT2D eigenvalue weighted by Crippen LogP contribution is -2.32. The van der Waals surface area contributed by atoms with Gasteiger partial charge in [0.15, 0.2) is 0 Å². The van der Waals surface area contributed by atoms with Crippen molar-refractivity contribution in [1.29, 1.82) is 0 Å². The molecule has 2 N–H and O–H groups in total. The minimum atomic E-state index is 0.779. The van der Waals surface area contributed by atoms with Gasteiger partial charge in [0.1, 0.15) is 0 Å². The first kappa shape index (κ1) is 12.5. The molecule has 102 valence electrons. The average Bonchev–Trinajstić information content (AvgIpc) is 3.05. The molecule has 4 nitrogen and oxygen atoms in total. The Labute approximate surface area is 114 Å². The van der Waals surface area contributed by atoms with Gasteiger partial charge in [0.25, 0.3) is 0 Å². The molecule has 1 heterocycles. The molecule has 0 radical (unpaired) electrons. The molecule has 0 unspecified atom stereocenters. The van der Waals surface area contributed by atoms with Crippen LogP contribution in [0.3, 0.4) is 0 Å². The zero-order chi connectivity index (χ0) is 13.2. The van der Waals surface area contributed by atoms with Crippen LogP contribution >= 0.6 is 0 Å². The van der Waals surface area contributed by atoms with Crippen molar-refractivity contribution in [2.24, 2.45) is 0 Å². The number of likely N-dealkylation sites (N-methyl/N-ethyl adjacent to an activating group) is 1. The van der Waals surface area contributed by atoms with Crippen LogP contribution in [0.4, 0.5) is 5.69 Å². The van der Waals surface area contributed by atoms with Crippen molar-refractivity contribution >= 4 is 16.7 Å². The molecule has 2 aromatic rings. The number of benzene rings is 1. The zero-order valence-electron chi connectivity index (χ0n) is 11.5. The summed E-state index contributed by atoms with van der Waals surface area (Å²) in [5, 5.41) is 0. The third-order valence-corrected chi connectivity index (χ3v) is 4.29. The summed E-state index contributed by atoms with van der Waals surface area (Å²) in [5.41, 5.74) is 8.72. The molecule has 1 saturated carbocycles. The quantitative estimate of drug-likeness (QED) is 0.857. The van der Waals surface area contributed by atoms with E-state index in [9.17, 15) is 0 Å². The molecule has 1 aromatic heterocycles. The summed E-state index contributed by atoms with van der Waals surface area (Å²) in [6.07, 6.45) is 7.42. The maximum Gasteiger partial charge on any atom is 0.0958 e. The van der Waals surface area contributed by atoms with Crippen molar-refractivity contribution in [3.8, 4) is 0 Å². The maximum absolute atomic E-state index is 5.78. The Morgan fingerprint density at radius 1 is 1.37 bits per heavy atom. The molecule has 0 saturated heterocycles. The molecule has 1 aliphatic rings. The van der Waals surface area contributed by atoms with E-state index in [0.717, 1.165) is 30.3 Å². The van der Waals surface area contributed by atoms with Crippen molar-refractivity contribution in [3.63, 3.8) is 0 Å². The van der Waals surface area contributed by atoms with Gasteiger partial charge in [-0.05, 0) is 38.1 Å². The summed E-state index contributed by atoms with van der Waals surface area (Å²) >= 11 is 0. The van der Waals surface area contributed by atoms with Gasteiger partial charge in [0.05, 0.1) is 17.4 Å². The van der Waals surface area contributed by atoms with Crippen LogP contribution in [-0.2, 0) is 6.54 Å². The summed E-state index contributed by atoms with van der Waals surface area (Å²) in [6.45, 7) is 2.08. The number of nitrogens with two attached hydrogens (primary N) is 1. The van der Waals surface area contributed by atoms with Crippen LogP contribution in [0.2, 0.25) is 0 Å². The lowest BCUT2D eigenvalue weighted by molar-refractivity contribution is 0.237. The topological polar surface area (TPSA) is 47.1 Å². The molecule has 3 rings (SSSR count). The van der Waals surface area contributed by atoms with E-state index in [0.29, 0.717) is 0 Å². The number of nitrogen functional groups attached to an aromatic ring is 1. The molecule has 19 heavy (non-hydrogen) atoms. The van der Waals surface area contributed by atoms with Crippen molar-refractivity contribution in [1.82, 2.24) is 14.5 Å². The fraction of sp³-hybridized carbons (Fsp3) is 0.533. The predicted molar refractivity (Wildman–Crippen MR) is 79.0 cm³/mol. The van der Waals surface area contributed by atoms with Gasteiger partial charge >= 0.3 is 0 Å². The SMILES string of the molecule is CN(CCn1cnc2cc(N)ccc21)C1CCCC1. The standard InChI is InChI=1S/C15H22N4/c1-18(13-4-2-3-5-13)8-9-19-11-17-14-10-12(16)6-7-15(14)19/h6-7,10-11,13H,2-5,8-9,16H2,1H3. The second kappa shape index (κ2) is 5.21. The first-order chi connectivity index (χ1) is 9.24. The van der Waals surface area contributed by atoms with Gasteiger partial charge in [-0.2, -0.15) is 0 Å². The normalized spacial score (nSPS) is 16.7. The first-order valence-electron chi connectivity index (χ1n) is 7.14. The summed E-state index contributed by atoms with van der Waals surface area (Å²) < 4.78 is 2.22. The van der Waals surface area contributed by atoms with E-state index in [1.54, 1.807) is 0 Å². The average molecular weight is 258 g/mol. The van der Waals surface area contributed by atoms with Crippen molar-refractivity contribution in [2.45, 2.75) is 38.3 Å². The maximum atomic E-state index is 5.78. The highest BCUT2D eigenvalue weighted by Crippen LogP contribution is 2.22. The van der Waals surface area contributed by atoms with Gasteiger partial charge in [-0.25, -0.2) is 4.98 Å². The highest BCUT2D eigenvalue weighted by Gasteiger charge is 2.19. The summed E-state index contributed by atoms with van der Waals surface area (Å²) in [6, 6.07) is 6.73. The number of fused-ring (bicyclic) bond motifs is 1. The van der Waals surface area contributed by atoms with Crippen LogP contribution in [0.1, 0.15) is 25.7 Å². The Bertz CT molecular complexity index is 554. The van der Waals surface area contributed by atoms with Crippen LogP contribution in [0.15, 0.2) is 24.5 Å². The monoisotopic (exact) mass is 258 g/mol. The molecule has 0 atom stereocenters. The Balaban J connectivity index is 1.68. The molecule has 0 bridgehead atoms. The fourth-order valence-corrected chi connectivity index (χ4v) is 3.05. The minimum Gasteiger partial charge on any atom is -0.399 e. The van der Waals surface area contributed by atoms with E-state index in [2.05, 4.69) is 27.6 Å². The van der Waals surface area contributed by atoms with Crippen molar-refractivity contribution < 1.29 is 0 Å². The molecule has 1 aliphatic carbocycles. The minimum absolute atomic E-state index is 0.779. The Hall–Kier alpha value is -1.55. The van der Waals surface area contributed by atoms with Crippen molar-refractivity contribution in [2.75, 3.05) is 19.3 Å². The van der Waals surface area contributed by atoms with Crippen LogP contribution in [-0.4, -0.2) is 34.1 Å². The van der Waals surface area contributed by atoms with Gasteiger partial charge in [-0.3, -0.25) is 0 Å². The summed E-state index contributed by atoms with van der Waals surface area (Å²) in [7, 11) is 2.24. The molecule has 0 amide bonds. The Morgan fingerprint density at radius 3 is 2.95 bits per heavy atom. The molecule has 1 fully saturated rings. The number of hydrogen-bond acceptors (Lipinski definition) is 3. The molecule has 0 spiro atoms. The first-order valence-corrected chi connectivity index (χ1v) is 7.14. The van der Waals surface area contributed by atoms with E-state index >= 15 is 0 Å². The third kappa shape index (κ3) is 2.59. The summed E-state index contributed by atoms with van der Waals surface area (Å²) in [5.74, 6) is 0. The highest BCUT2D eigenvalue weighted by molar-refractivity contribution is 5.78. The lowest BCUT2D eigenvalue weighted by Gasteiger charge is -2.24. The molecular formula is C15H22N4. The van der Waals surface area contributed by atoms with Crippen LogP contribution < -0.4 is 5.73 Å². The van der Waals surface area contributed by atoms with E-state index in [1.807, 2.05) is 18.5 Å². The molecule has 0 aliphatic heterocycles. The second-order valence-corrected chi connectivity index (χ2v) is 5.61. The predicted octanol–water partition coefficient (Wildman–Crippen LogP) is 2.49. The number of imidazole rings is 1. The van der Waals surface area contributed by atoms with Gasteiger partial charge in [-0.15, -0.1) is 0 Å². The smallest absolute Gasteiger partial charge is 0.0958 e. The zero-order valence-corrected chi connectivity index (χ0v) is 11.5. The van der Waals surface area contributed by atoms with Gasteiger partial charge in [0.2, 0.25) is 0 Å². The largest absolute Gasteiger partial charge is 0.399 e. The van der Waals surface area contributed by atoms with Crippen LogP contribution in [0, 0.1) is 0 Å². The number of aromatic nitrogens is 2. The second-order valence-electron chi connectivity index (χ2n) is 5.61. The number of rotatable bonds is 4. The molecule has 1 aromatic carbocycles. The van der Waals surface area contributed by atoms with Gasteiger partial charge in [0, 0.05) is 24.8 Å². The number of hydrogen-bond donors (Lipinski definition) is 1. The number of anilines is 1. The van der Waals surface area contributed by atoms with Gasteiger partial charge < -0.3 is 15.2 Å². The van der Waals surface area contributed by atoms with Gasteiger partial charge in [-0.1, -0.05) is 12.8 Å². The van der Waals surface area contributed by atoms with E-state index in [-0.39, 0.29) is 0 Å². The van der Waals surface area contributed by atoms with Crippen LogP contribution in [0.5, 0.6) is 0 Å².